The van der Waals surface area contributed by atoms with Crippen molar-refractivity contribution in [3.8, 4) is 5.75 Å². The molecule has 146 valence electrons. The Morgan fingerprint density at radius 2 is 1.67 bits per heavy atom. The summed E-state index contributed by atoms with van der Waals surface area (Å²) >= 11 is 0. The van der Waals surface area contributed by atoms with Crippen LogP contribution in [0.5, 0.6) is 5.75 Å². The van der Waals surface area contributed by atoms with Crippen LogP contribution >= 0.6 is 0 Å². The van der Waals surface area contributed by atoms with Crippen molar-refractivity contribution >= 4 is 10.8 Å². The van der Waals surface area contributed by atoms with E-state index in [0.29, 0.717) is 11.8 Å². The second-order valence-electron chi connectivity index (χ2n) is 8.41. The van der Waals surface area contributed by atoms with Gasteiger partial charge in [0.2, 0.25) is 0 Å². The van der Waals surface area contributed by atoms with Crippen molar-refractivity contribution < 1.29 is 17.9 Å². The molecule has 0 heterocycles. The third kappa shape index (κ3) is 3.32. The topological polar surface area (TPSA) is 9.23 Å². The maximum absolute atomic E-state index is 15.2. The lowest BCUT2D eigenvalue weighted by Gasteiger charge is -2.42. The fourth-order valence-electron chi connectivity index (χ4n) is 5.51. The zero-order valence-corrected chi connectivity index (χ0v) is 16.0. The molecule has 0 bridgehead atoms. The van der Waals surface area contributed by atoms with E-state index in [4.69, 9.17) is 4.74 Å². The zero-order valence-electron chi connectivity index (χ0n) is 16.0. The lowest BCUT2D eigenvalue weighted by atomic mass is 9.63. The lowest BCUT2D eigenvalue weighted by Crippen LogP contribution is -2.30. The van der Waals surface area contributed by atoms with Crippen LogP contribution in [0.4, 0.5) is 13.2 Å². The van der Waals surface area contributed by atoms with Gasteiger partial charge in [-0.25, -0.2) is 13.2 Å². The van der Waals surface area contributed by atoms with Gasteiger partial charge in [0.15, 0.2) is 0 Å². The van der Waals surface area contributed by atoms with Gasteiger partial charge in [-0.05, 0) is 73.3 Å². The van der Waals surface area contributed by atoms with Gasteiger partial charge in [0.1, 0.15) is 23.2 Å². The molecule has 2 saturated carbocycles. The normalized spacial score (nSPS) is 28.2. The van der Waals surface area contributed by atoms with Crippen LogP contribution in [0, 0.1) is 35.2 Å². The minimum atomic E-state index is -0.726. The van der Waals surface area contributed by atoms with Gasteiger partial charge in [-0.15, -0.1) is 0 Å². The molecular weight excluding hydrogens is 349 g/mol. The number of hydrogen-bond donors (Lipinski definition) is 0. The van der Waals surface area contributed by atoms with Crippen molar-refractivity contribution in [2.24, 2.45) is 17.8 Å². The average molecular weight is 376 g/mol. The molecule has 2 unspecified atom stereocenters. The highest BCUT2D eigenvalue weighted by Crippen LogP contribution is 2.49. The molecule has 0 aromatic heterocycles. The molecule has 27 heavy (non-hydrogen) atoms. The van der Waals surface area contributed by atoms with E-state index >= 15 is 4.39 Å². The van der Waals surface area contributed by atoms with E-state index in [1.54, 1.807) is 0 Å². The Morgan fingerprint density at radius 1 is 0.926 bits per heavy atom. The molecule has 4 rings (SSSR count). The monoisotopic (exact) mass is 376 g/mol. The first-order chi connectivity index (χ1) is 13.0. The maximum atomic E-state index is 15.2. The third-order valence-electron chi connectivity index (χ3n) is 7.03. The van der Waals surface area contributed by atoms with Crippen molar-refractivity contribution in [3.05, 3.63) is 41.2 Å². The largest absolute Gasteiger partial charge is 0.497 e. The summed E-state index contributed by atoms with van der Waals surface area (Å²) in [5.74, 6) is 0.166. The second-order valence-corrected chi connectivity index (χ2v) is 8.41. The van der Waals surface area contributed by atoms with Gasteiger partial charge in [-0.1, -0.05) is 19.8 Å². The first kappa shape index (κ1) is 18.6. The summed E-state index contributed by atoms with van der Waals surface area (Å²) in [6, 6.07) is 3.91. The molecule has 1 nitrogen and oxygen atoms in total. The van der Waals surface area contributed by atoms with Gasteiger partial charge in [-0.3, -0.25) is 0 Å². The van der Waals surface area contributed by atoms with Crippen LogP contribution in [-0.4, -0.2) is 7.11 Å². The Kier molecular flexibility index (Phi) is 5.09. The average Bonchev–Trinajstić information content (AvgIpc) is 2.66. The summed E-state index contributed by atoms with van der Waals surface area (Å²) in [5.41, 5.74) is 0.0858. The molecule has 4 heteroatoms. The highest BCUT2D eigenvalue weighted by molar-refractivity contribution is 5.86. The number of hydrogen-bond acceptors (Lipinski definition) is 1. The lowest BCUT2D eigenvalue weighted by molar-refractivity contribution is 0.115. The Balaban J connectivity index is 1.67. The van der Waals surface area contributed by atoms with Crippen molar-refractivity contribution in [1.82, 2.24) is 0 Å². The zero-order chi connectivity index (χ0) is 19.1. The van der Waals surface area contributed by atoms with E-state index in [0.717, 1.165) is 37.7 Å². The predicted octanol–water partition coefficient (Wildman–Crippen LogP) is 6.98. The van der Waals surface area contributed by atoms with E-state index in [9.17, 15) is 8.78 Å². The Bertz CT molecular complexity index is 847. The summed E-state index contributed by atoms with van der Waals surface area (Å²) in [5, 5.41) is 0.0896. The molecule has 0 spiro atoms. The number of halogens is 3. The molecule has 0 amide bonds. The minimum absolute atomic E-state index is 0.0858. The quantitative estimate of drug-likeness (QED) is 0.562. The van der Waals surface area contributed by atoms with Gasteiger partial charge in [0.25, 0.3) is 0 Å². The van der Waals surface area contributed by atoms with Crippen molar-refractivity contribution in [3.63, 3.8) is 0 Å². The molecule has 2 aliphatic carbocycles. The van der Waals surface area contributed by atoms with Gasteiger partial charge in [0, 0.05) is 11.6 Å². The minimum Gasteiger partial charge on any atom is -0.497 e. The molecule has 2 aromatic carbocycles. The molecule has 0 N–H and O–H groups in total. The van der Waals surface area contributed by atoms with Crippen LogP contribution in [0.3, 0.4) is 0 Å². The van der Waals surface area contributed by atoms with E-state index < -0.39 is 17.5 Å². The van der Waals surface area contributed by atoms with Crippen LogP contribution in [0.2, 0.25) is 0 Å². The Hall–Kier alpha value is -1.71. The number of ether oxygens (including phenoxy) is 1. The second kappa shape index (κ2) is 7.37. The van der Waals surface area contributed by atoms with E-state index in [2.05, 4.69) is 6.92 Å². The maximum Gasteiger partial charge on any atom is 0.140 e. The smallest absolute Gasteiger partial charge is 0.140 e. The first-order valence-electron chi connectivity index (χ1n) is 10.2. The number of benzene rings is 2. The van der Waals surface area contributed by atoms with Gasteiger partial charge >= 0.3 is 0 Å². The molecule has 4 atom stereocenters. The summed E-state index contributed by atoms with van der Waals surface area (Å²) in [6.07, 6.45) is 7.48. The number of rotatable bonds is 3. The van der Waals surface area contributed by atoms with Crippen LogP contribution in [0.15, 0.2) is 18.2 Å². The van der Waals surface area contributed by atoms with E-state index in [1.165, 1.54) is 38.5 Å². The standard InChI is InChI=1S/C23H27F3O/c1-3-13-4-5-15-9-16(7-6-14(15)8-13)21-19(24)11-17-10-18(27-2)12-20(25)22(17)23(21)26/h10-16H,3-9H2,1-2H3/t13?,14-,15?,16-/m1/s1. The fraction of sp³-hybridized carbons (Fsp3) is 0.565. The van der Waals surface area contributed by atoms with Crippen LogP contribution in [0.25, 0.3) is 10.8 Å². The van der Waals surface area contributed by atoms with Crippen LogP contribution in [-0.2, 0) is 0 Å². The van der Waals surface area contributed by atoms with Crippen molar-refractivity contribution in [2.45, 2.75) is 57.8 Å². The van der Waals surface area contributed by atoms with Crippen LogP contribution in [0.1, 0.15) is 63.4 Å². The summed E-state index contributed by atoms with van der Waals surface area (Å²) in [6.45, 7) is 2.25. The molecule has 2 aliphatic rings. The molecular formula is C23H27F3O. The predicted molar refractivity (Wildman–Crippen MR) is 102 cm³/mol. The Morgan fingerprint density at radius 3 is 2.41 bits per heavy atom. The number of fused-ring (bicyclic) bond motifs is 2. The molecule has 2 aromatic rings. The molecule has 0 radical (unpaired) electrons. The summed E-state index contributed by atoms with van der Waals surface area (Å²) in [4.78, 5) is 0. The van der Waals surface area contributed by atoms with Gasteiger partial charge in [0.05, 0.1) is 12.5 Å². The van der Waals surface area contributed by atoms with E-state index in [-0.39, 0.29) is 28.0 Å². The van der Waals surface area contributed by atoms with Gasteiger partial charge in [-0.2, -0.15) is 0 Å². The Labute approximate surface area is 158 Å². The summed E-state index contributed by atoms with van der Waals surface area (Å²) in [7, 11) is 1.41. The highest BCUT2D eigenvalue weighted by Gasteiger charge is 2.37. The van der Waals surface area contributed by atoms with Crippen molar-refractivity contribution in [1.29, 1.82) is 0 Å². The molecule has 0 saturated heterocycles. The van der Waals surface area contributed by atoms with Crippen LogP contribution < -0.4 is 4.74 Å². The van der Waals surface area contributed by atoms with E-state index in [1.807, 2.05) is 0 Å². The van der Waals surface area contributed by atoms with Crippen molar-refractivity contribution in [2.75, 3.05) is 7.11 Å². The summed E-state index contributed by atoms with van der Waals surface area (Å²) < 4.78 is 49.6. The first-order valence-corrected chi connectivity index (χ1v) is 10.2. The third-order valence-corrected chi connectivity index (χ3v) is 7.03. The molecule has 0 aliphatic heterocycles. The molecule has 2 fully saturated rings. The number of methoxy groups -OCH3 is 1. The highest BCUT2D eigenvalue weighted by atomic mass is 19.1. The van der Waals surface area contributed by atoms with Gasteiger partial charge < -0.3 is 4.74 Å². The fourth-order valence-corrected chi connectivity index (χ4v) is 5.51. The SMILES string of the molecule is CCC1CCC2C[C@H](c3c(F)cc4cc(OC)cc(F)c4c3F)CC[C@@H]2C1.